The molecule has 0 unspecified atom stereocenters. The van der Waals surface area contributed by atoms with Gasteiger partial charge in [-0.2, -0.15) is 10.0 Å². The molecule has 0 saturated carbocycles. The number of imide groups is 1. The van der Waals surface area contributed by atoms with Gasteiger partial charge in [-0.3, -0.25) is 14.4 Å². The first-order valence-electron chi connectivity index (χ1n) is 9.16. The Bertz CT molecular complexity index is 1350. The lowest BCUT2D eigenvalue weighted by molar-refractivity contribution is -0.128. The molecule has 2 aliphatic rings. The zero-order valence-electron chi connectivity index (χ0n) is 15.9. The highest BCUT2D eigenvalue weighted by Gasteiger charge is 2.47. The van der Waals surface area contributed by atoms with Gasteiger partial charge in [-0.1, -0.05) is 47.1 Å². The Morgan fingerprint density at radius 3 is 2.19 bits per heavy atom. The first-order valence-corrected chi connectivity index (χ1v) is 11.1. The molecule has 0 radical (unpaired) electrons. The van der Waals surface area contributed by atoms with Crippen molar-refractivity contribution in [2.24, 2.45) is 0 Å². The SMILES string of the molecule is O=C1C(=Cc2ccc(-c3ccc(Cl)cc3Cl)o2)SC(=S)N1N1C(=O)c2ccccc2C1=O. The molecule has 0 bridgehead atoms. The molecule has 0 N–H and O–H groups in total. The number of benzene rings is 2. The lowest BCUT2D eigenvalue weighted by Gasteiger charge is -2.23. The highest BCUT2D eigenvalue weighted by atomic mass is 35.5. The highest BCUT2D eigenvalue weighted by Crippen LogP contribution is 2.38. The summed E-state index contributed by atoms with van der Waals surface area (Å²) in [6.07, 6.45) is 1.50. The molecule has 158 valence electrons. The maximum absolute atomic E-state index is 13.0. The predicted octanol–water partition coefficient (Wildman–Crippen LogP) is 5.67. The lowest BCUT2D eigenvalue weighted by atomic mass is 10.1. The van der Waals surface area contributed by atoms with Crippen LogP contribution in [0.5, 0.6) is 0 Å². The molecule has 1 fully saturated rings. The fraction of sp³-hybridized carbons (Fsp3) is 0. The number of furan rings is 1. The third kappa shape index (κ3) is 3.36. The summed E-state index contributed by atoms with van der Waals surface area (Å²) < 4.78 is 5.88. The van der Waals surface area contributed by atoms with Crippen LogP contribution in [0, 0.1) is 0 Å². The van der Waals surface area contributed by atoms with Crippen LogP contribution in [-0.2, 0) is 4.79 Å². The minimum atomic E-state index is -0.596. The number of halogens is 2. The Morgan fingerprint density at radius 1 is 0.844 bits per heavy atom. The van der Waals surface area contributed by atoms with Gasteiger partial charge in [0.05, 0.1) is 21.1 Å². The quantitative estimate of drug-likeness (QED) is 0.262. The van der Waals surface area contributed by atoms with Crippen molar-refractivity contribution in [3.05, 3.63) is 86.4 Å². The van der Waals surface area contributed by atoms with Gasteiger partial charge in [-0.25, -0.2) is 0 Å². The summed E-state index contributed by atoms with van der Waals surface area (Å²) in [5, 5.41) is 2.64. The highest BCUT2D eigenvalue weighted by molar-refractivity contribution is 8.26. The zero-order chi connectivity index (χ0) is 22.6. The normalized spacial score (nSPS) is 17.1. The maximum atomic E-state index is 13.0. The van der Waals surface area contributed by atoms with E-state index in [1.54, 1.807) is 42.5 Å². The van der Waals surface area contributed by atoms with E-state index in [1.165, 1.54) is 18.2 Å². The van der Waals surface area contributed by atoms with Crippen LogP contribution < -0.4 is 0 Å². The number of hydrazine groups is 1. The second kappa shape index (κ2) is 7.90. The Kier molecular flexibility index (Phi) is 5.17. The molecule has 3 aromatic rings. The monoisotopic (exact) mass is 500 g/mol. The summed E-state index contributed by atoms with van der Waals surface area (Å²) in [7, 11) is 0. The number of fused-ring (bicyclic) bond motifs is 1. The zero-order valence-corrected chi connectivity index (χ0v) is 19.0. The minimum absolute atomic E-state index is 0.0725. The van der Waals surface area contributed by atoms with Crippen LogP contribution in [0.2, 0.25) is 10.0 Å². The van der Waals surface area contributed by atoms with Gasteiger partial charge in [0.1, 0.15) is 11.5 Å². The number of nitrogens with zero attached hydrogens (tertiary/aromatic N) is 2. The Labute approximate surface area is 201 Å². The minimum Gasteiger partial charge on any atom is -0.457 e. The number of thiocarbonyl (C=S) groups is 1. The molecule has 1 saturated heterocycles. The number of amides is 3. The van der Waals surface area contributed by atoms with Gasteiger partial charge in [0, 0.05) is 16.7 Å². The second-order valence-corrected chi connectivity index (χ2v) is 9.31. The van der Waals surface area contributed by atoms with Crippen LogP contribution in [0.4, 0.5) is 0 Å². The number of carbonyl (C=O) groups is 3. The number of hydrogen-bond acceptors (Lipinski definition) is 6. The summed E-state index contributed by atoms with van der Waals surface area (Å²) in [6.45, 7) is 0. The molecular weight excluding hydrogens is 491 g/mol. The Morgan fingerprint density at radius 2 is 1.53 bits per heavy atom. The predicted molar refractivity (Wildman–Crippen MR) is 126 cm³/mol. The molecule has 1 aromatic heterocycles. The van der Waals surface area contributed by atoms with E-state index in [0.29, 0.717) is 27.1 Å². The van der Waals surface area contributed by atoms with Crippen LogP contribution in [-0.4, -0.2) is 32.1 Å². The molecule has 6 nitrogen and oxygen atoms in total. The van der Waals surface area contributed by atoms with E-state index in [9.17, 15) is 14.4 Å². The van der Waals surface area contributed by atoms with E-state index in [2.05, 4.69) is 0 Å². The molecule has 32 heavy (non-hydrogen) atoms. The van der Waals surface area contributed by atoms with Crippen molar-refractivity contribution in [2.75, 3.05) is 0 Å². The van der Waals surface area contributed by atoms with Gasteiger partial charge < -0.3 is 4.42 Å². The van der Waals surface area contributed by atoms with E-state index >= 15 is 0 Å². The van der Waals surface area contributed by atoms with Crippen LogP contribution in [0.15, 0.2) is 63.9 Å². The van der Waals surface area contributed by atoms with Gasteiger partial charge in [-0.15, -0.1) is 0 Å². The van der Waals surface area contributed by atoms with Crippen molar-refractivity contribution in [2.45, 2.75) is 0 Å². The molecule has 10 heteroatoms. The van der Waals surface area contributed by atoms with E-state index in [-0.39, 0.29) is 20.4 Å². The molecule has 0 aliphatic carbocycles. The van der Waals surface area contributed by atoms with Crippen LogP contribution in [0.3, 0.4) is 0 Å². The van der Waals surface area contributed by atoms with Crippen molar-refractivity contribution in [3.8, 4) is 11.3 Å². The number of thioether (sulfide) groups is 1. The van der Waals surface area contributed by atoms with E-state index in [0.717, 1.165) is 21.8 Å². The van der Waals surface area contributed by atoms with Crippen LogP contribution >= 0.6 is 47.2 Å². The fourth-order valence-electron chi connectivity index (χ4n) is 3.38. The van der Waals surface area contributed by atoms with Crippen LogP contribution in [0.1, 0.15) is 26.5 Å². The van der Waals surface area contributed by atoms with Crippen molar-refractivity contribution in [3.63, 3.8) is 0 Å². The second-order valence-electron chi connectivity index (χ2n) is 6.79. The van der Waals surface area contributed by atoms with Gasteiger partial charge in [-0.05, 0) is 54.7 Å². The van der Waals surface area contributed by atoms with Crippen LogP contribution in [0.25, 0.3) is 17.4 Å². The molecule has 0 spiro atoms. The Hall–Kier alpha value is -2.91. The van der Waals surface area contributed by atoms with Crippen molar-refractivity contribution in [1.29, 1.82) is 0 Å². The molecule has 2 aliphatic heterocycles. The third-order valence-electron chi connectivity index (χ3n) is 4.84. The largest absolute Gasteiger partial charge is 0.457 e. The molecular formula is C22H10Cl2N2O4S2. The average molecular weight is 501 g/mol. The van der Waals surface area contributed by atoms with Gasteiger partial charge in [0.2, 0.25) is 0 Å². The molecule has 5 rings (SSSR count). The number of carbonyl (C=O) groups excluding carboxylic acids is 3. The van der Waals surface area contributed by atoms with Crippen molar-refractivity contribution in [1.82, 2.24) is 10.0 Å². The van der Waals surface area contributed by atoms with Crippen molar-refractivity contribution >= 4 is 75.3 Å². The summed E-state index contributed by atoms with van der Waals surface area (Å²) >= 11 is 18.4. The fourth-order valence-corrected chi connectivity index (χ4v) is 5.11. The first kappa shape index (κ1) is 21.0. The summed E-state index contributed by atoms with van der Waals surface area (Å²) in [4.78, 5) is 38.8. The standard InChI is InChI=1S/C22H10Cl2N2O4S2/c23-11-5-7-15(16(24)9-11)17-8-6-12(30-17)10-18-21(29)26(22(31)32-18)25-19(27)13-3-1-2-4-14(13)20(25)28/h1-10H. The number of rotatable bonds is 3. The average Bonchev–Trinajstić information content (AvgIpc) is 3.40. The Balaban J connectivity index is 1.43. The smallest absolute Gasteiger partial charge is 0.285 e. The molecule has 3 heterocycles. The van der Waals surface area contributed by atoms with E-state index in [4.69, 9.17) is 39.8 Å². The molecule has 3 amide bonds. The molecule has 2 aromatic carbocycles. The summed E-state index contributed by atoms with van der Waals surface area (Å²) in [5.41, 5.74) is 1.10. The number of hydrogen-bond donors (Lipinski definition) is 0. The van der Waals surface area contributed by atoms with Gasteiger partial charge in [0.15, 0.2) is 4.32 Å². The van der Waals surface area contributed by atoms with Gasteiger partial charge >= 0.3 is 0 Å². The first-order chi connectivity index (χ1) is 15.3. The molecule has 0 atom stereocenters. The van der Waals surface area contributed by atoms with Gasteiger partial charge in [0.25, 0.3) is 17.7 Å². The summed E-state index contributed by atoms with van der Waals surface area (Å²) in [6, 6.07) is 14.8. The topological polar surface area (TPSA) is 70.8 Å². The third-order valence-corrected chi connectivity index (χ3v) is 6.67. The maximum Gasteiger partial charge on any atom is 0.285 e. The van der Waals surface area contributed by atoms with E-state index < -0.39 is 17.7 Å². The van der Waals surface area contributed by atoms with Crippen molar-refractivity contribution < 1.29 is 18.8 Å². The summed E-state index contributed by atoms with van der Waals surface area (Å²) in [5.74, 6) is -0.902. The van der Waals surface area contributed by atoms with E-state index in [1.807, 2.05) is 0 Å². The lowest BCUT2D eigenvalue weighted by Crippen LogP contribution is -2.48.